The van der Waals surface area contributed by atoms with Crippen LogP contribution in [0.2, 0.25) is 5.02 Å². The van der Waals surface area contributed by atoms with Crippen LogP contribution in [0.25, 0.3) is 0 Å². The zero-order chi connectivity index (χ0) is 28.3. The van der Waals surface area contributed by atoms with Crippen LogP contribution in [0.1, 0.15) is 68.3 Å². The van der Waals surface area contributed by atoms with E-state index in [0.717, 1.165) is 5.92 Å². The molecule has 0 heterocycles. The second kappa shape index (κ2) is 9.69. The molecule has 3 aromatic rings. The van der Waals surface area contributed by atoms with Crippen LogP contribution in [0.5, 0.6) is 17.2 Å². The number of benzene rings is 3. The summed E-state index contributed by atoms with van der Waals surface area (Å²) in [5.74, 6) is 1.01. The third kappa shape index (κ3) is 4.81. The number of carbonyl (C=O) groups excluding carboxylic acids is 1. The number of hydrogen-bond donors (Lipinski definition) is 1. The number of hydrogen-bond acceptors (Lipinski definition) is 5. The molecule has 7 rings (SSSR count). The number of esters is 1. The van der Waals surface area contributed by atoms with Gasteiger partial charge in [-0.25, -0.2) is 9.18 Å². The van der Waals surface area contributed by atoms with Crippen molar-refractivity contribution < 1.29 is 23.4 Å². The van der Waals surface area contributed by atoms with Crippen molar-refractivity contribution in [2.75, 3.05) is 19.5 Å². The molecule has 4 saturated carbocycles. The maximum atomic E-state index is 15.1. The van der Waals surface area contributed by atoms with E-state index in [0.29, 0.717) is 38.8 Å². The lowest BCUT2D eigenvalue weighted by Crippen LogP contribution is -2.56. The van der Waals surface area contributed by atoms with Gasteiger partial charge in [0.25, 0.3) is 0 Å². The summed E-state index contributed by atoms with van der Waals surface area (Å²) in [4.78, 5) is 12.3. The molecule has 0 radical (unpaired) electrons. The molecule has 210 valence electrons. The molecule has 4 aliphatic rings. The van der Waals surface area contributed by atoms with E-state index in [2.05, 4.69) is 31.3 Å². The van der Waals surface area contributed by atoms with Gasteiger partial charge in [-0.05, 0) is 109 Å². The Bertz CT molecular complexity index is 1470. The lowest BCUT2D eigenvalue weighted by molar-refractivity contribution is -0.110. The van der Waals surface area contributed by atoms with Crippen LogP contribution in [0.4, 0.5) is 15.8 Å². The van der Waals surface area contributed by atoms with E-state index >= 15 is 4.39 Å². The van der Waals surface area contributed by atoms with Crippen molar-refractivity contribution in [3.8, 4) is 17.2 Å². The first-order chi connectivity index (χ1) is 19.0. The van der Waals surface area contributed by atoms with Gasteiger partial charge < -0.3 is 19.5 Å². The van der Waals surface area contributed by atoms with Gasteiger partial charge >= 0.3 is 5.97 Å². The largest absolute Gasteiger partial charge is 0.497 e. The summed E-state index contributed by atoms with van der Waals surface area (Å²) in [6, 6.07) is 15.5. The van der Waals surface area contributed by atoms with E-state index in [9.17, 15) is 4.79 Å². The van der Waals surface area contributed by atoms with E-state index in [1.165, 1.54) is 64.4 Å². The molecule has 0 aliphatic heterocycles. The summed E-state index contributed by atoms with van der Waals surface area (Å²) < 4.78 is 31.2. The van der Waals surface area contributed by atoms with E-state index in [-0.39, 0.29) is 16.7 Å². The number of nitrogens with one attached hydrogen (secondary N) is 1. The van der Waals surface area contributed by atoms with Crippen LogP contribution in [0.15, 0.2) is 54.6 Å². The van der Waals surface area contributed by atoms with Crippen molar-refractivity contribution in [2.45, 2.75) is 57.8 Å². The Labute approximate surface area is 240 Å². The third-order valence-electron chi connectivity index (χ3n) is 9.24. The molecule has 3 aromatic carbocycles. The van der Waals surface area contributed by atoms with Crippen LogP contribution in [-0.2, 0) is 10.2 Å². The molecule has 7 heteroatoms. The second-order valence-electron chi connectivity index (χ2n) is 12.8. The molecule has 4 bridgehead atoms. The quantitative estimate of drug-likeness (QED) is 0.291. The molecule has 4 aliphatic carbocycles. The summed E-state index contributed by atoms with van der Waals surface area (Å²) in [6.07, 6.45) is 7.69. The topological polar surface area (TPSA) is 56.8 Å². The van der Waals surface area contributed by atoms with Crippen molar-refractivity contribution in [3.05, 3.63) is 76.6 Å². The van der Waals surface area contributed by atoms with Gasteiger partial charge in [0.1, 0.15) is 23.1 Å². The molecule has 0 aromatic heterocycles. The molecule has 0 amide bonds. The molecule has 0 saturated heterocycles. The van der Waals surface area contributed by atoms with Crippen LogP contribution in [0.3, 0.4) is 0 Å². The molecule has 5 nitrogen and oxygen atoms in total. The first-order valence-corrected chi connectivity index (χ1v) is 14.2. The Morgan fingerprint density at radius 2 is 1.60 bits per heavy atom. The van der Waals surface area contributed by atoms with Gasteiger partial charge in [-0.15, -0.1) is 0 Å². The highest BCUT2D eigenvalue weighted by Crippen LogP contribution is 2.70. The van der Waals surface area contributed by atoms with Crippen molar-refractivity contribution in [1.29, 1.82) is 0 Å². The predicted octanol–water partition coefficient (Wildman–Crippen LogP) is 9.06. The van der Waals surface area contributed by atoms with Gasteiger partial charge in [0, 0.05) is 6.07 Å². The summed E-state index contributed by atoms with van der Waals surface area (Å²) in [6.45, 7) is 4.95. The molecule has 2 atom stereocenters. The zero-order valence-corrected chi connectivity index (χ0v) is 24.2. The van der Waals surface area contributed by atoms with Crippen molar-refractivity contribution in [1.82, 2.24) is 0 Å². The molecule has 2 unspecified atom stereocenters. The SMILES string of the molecule is COC(=O)c1cc(OC)ccc1Nc1ccc(Oc2ccc(C34CC5CC(C)(CC(C)(C5)C3)C4)cc2Cl)cc1F. The first kappa shape index (κ1) is 26.9. The third-order valence-corrected chi connectivity index (χ3v) is 9.54. The number of carbonyl (C=O) groups is 1. The maximum absolute atomic E-state index is 15.1. The lowest BCUT2D eigenvalue weighted by Gasteiger charge is -2.65. The van der Waals surface area contributed by atoms with Gasteiger partial charge in [-0.2, -0.15) is 0 Å². The van der Waals surface area contributed by atoms with Crippen molar-refractivity contribution >= 4 is 28.9 Å². The first-order valence-electron chi connectivity index (χ1n) is 13.8. The Kier molecular flexibility index (Phi) is 6.53. The highest BCUT2D eigenvalue weighted by molar-refractivity contribution is 6.32. The lowest BCUT2D eigenvalue weighted by atomic mass is 9.39. The number of methoxy groups -OCH3 is 2. The fourth-order valence-electron chi connectivity index (χ4n) is 8.65. The summed E-state index contributed by atoms with van der Waals surface area (Å²) in [5.41, 5.74) is 3.11. The standard InChI is InChI=1S/C33H35ClFNO4/c1-31-14-20-15-32(2,17-31)19-33(16-20,18-31)21-5-10-29(25(34)11-21)40-23-7-9-28(26(35)13-23)36-27-8-6-22(38-3)12-24(27)30(37)39-4/h5-13,20,36H,14-19H2,1-4H3. The Balaban J connectivity index is 1.21. The van der Waals surface area contributed by atoms with Crippen LogP contribution < -0.4 is 14.8 Å². The average Bonchev–Trinajstić information content (AvgIpc) is 2.89. The molecule has 4 fully saturated rings. The van der Waals surface area contributed by atoms with Gasteiger partial charge in [0.2, 0.25) is 0 Å². The number of rotatable bonds is 7. The van der Waals surface area contributed by atoms with Gasteiger partial charge in [-0.1, -0.05) is 31.5 Å². The Morgan fingerprint density at radius 1 is 0.900 bits per heavy atom. The monoisotopic (exact) mass is 563 g/mol. The fraction of sp³-hybridized carbons (Fsp3) is 0.424. The summed E-state index contributed by atoms with van der Waals surface area (Å²) in [7, 11) is 2.80. The highest BCUT2D eigenvalue weighted by Gasteiger charge is 2.60. The summed E-state index contributed by atoms with van der Waals surface area (Å²) in [5, 5.41) is 3.51. The molecule has 0 spiro atoms. The number of halogens is 2. The van der Waals surface area contributed by atoms with Crippen LogP contribution in [0, 0.1) is 22.6 Å². The molecular weight excluding hydrogens is 529 g/mol. The van der Waals surface area contributed by atoms with Crippen LogP contribution in [-0.4, -0.2) is 20.2 Å². The van der Waals surface area contributed by atoms with Crippen LogP contribution >= 0.6 is 11.6 Å². The van der Waals surface area contributed by atoms with Gasteiger partial charge in [0.05, 0.1) is 36.2 Å². The van der Waals surface area contributed by atoms with E-state index in [1.54, 1.807) is 30.3 Å². The van der Waals surface area contributed by atoms with Crippen molar-refractivity contribution in [2.24, 2.45) is 16.7 Å². The highest BCUT2D eigenvalue weighted by atomic mass is 35.5. The maximum Gasteiger partial charge on any atom is 0.340 e. The van der Waals surface area contributed by atoms with Gasteiger partial charge in [0.15, 0.2) is 0 Å². The normalized spacial score (nSPS) is 28.3. The summed E-state index contributed by atoms with van der Waals surface area (Å²) >= 11 is 6.77. The minimum Gasteiger partial charge on any atom is -0.497 e. The Morgan fingerprint density at radius 3 is 2.23 bits per heavy atom. The number of ether oxygens (including phenoxy) is 3. The van der Waals surface area contributed by atoms with Crippen molar-refractivity contribution in [3.63, 3.8) is 0 Å². The van der Waals surface area contributed by atoms with E-state index in [1.807, 2.05) is 6.07 Å². The second-order valence-corrected chi connectivity index (χ2v) is 13.2. The Hall–Kier alpha value is -3.25. The minimum absolute atomic E-state index is 0.176. The predicted molar refractivity (Wildman–Crippen MR) is 155 cm³/mol. The molecule has 40 heavy (non-hydrogen) atoms. The zero-order valence-electron chi connectivity index (χ0n) is 23.4. The minimum atomic E-state index is -0.559. The van der Waals surface area contributed by atoms with E-state index < -0.39 is 11.8 Å². The smallest absolute Gasteiger partial charge is 0.340 e. The van der Waals surface area contributed by atoms with Gasteiger partial charge in [-0.3, -0.25) is 0 Å². The average molecular weight is 564 g/mol. The molecule has 1 N–H and O–H groups in total. The van der Waals surface area contributed by atoms with E-state index in [4.69, 9.17) is 25.8 Å². The molecular formula is C33H35ClFNO4. The number of anilines is 2. The fourth-order valence-corrected chi connectivity index (χ4v) is 8.87.